The first-order valence-corrected chi connectivity index (χ1v) is 11.1. The van der Waals surface area contributed by atoms with E-state index in [9.17, 15) is 8.42 Å². The van der Waals surface area contributed by atoms with Gasteiger partial charge in [0.15, 0.2) is 17.3 Å². The molecule has 2 aromatic rings. The Morgan fingerprint density at radius 1 is 1.11 bits per heavy atom. The number of halogens is 1. The lowest BCUT2D eigenvalue weighted by atomic mass is 10.1. The number of aryl methyl sites for hydroxylation is 2. The zero-order valence-electron chi connectivity index (χ0n) is 16.4. The average molecular weight is 474 g/mol. The monoisotopic (exact) mass is 473 g/mol. The van der Waals surface area contributed by atoms with E-state index >= 15 is 0 Å². The van der Waals surface area contributed by atoms with Crippen molar-refractivity contribution in [1.29, 1.82) is 0 Å². The van der Waals surface area contributed by atoms with Crippen LogP contribution in [0.25, 0.3) is 0 Å². The van der Waals surface area contributed by atoms with Crippen LogP contribution in [0.15, 0.2) is 26.0 Å². The van der Waals surface area contributed by atoms with E-state index in [0.717, 1.165) is 10.0 Å². The Hall–Kier alpha value is -1.62. The number of aromatic nitrogens is 1. The van der Waals surface area contributed by atoms with Gasteiger partial charge in [-0.15, -0.1) is 0 Å². The van der Waals surface area contributed by atoms with Crippen LogP contribution >= 0.6 is 15.9 Å². The third kappa shape index (κ3) is 4.05. The van der Waals surface area contributed by atoms with Gasteiger partial charge in [-0.25, -0.2) is 8.42 Å². The summed E-state index contributed by atoms with van der Waals surface area (Å²) in [6.45, 7) is 6.04. The number of rotatable bonds is 6. The summed E-state index contributed by atoms with van der Waals surface area (Å²) in [5, 5.41) is 3.77. The van der Waals surface area contributed by atoms with Crippen molar-refractivity contribution in [2.45, 2.75) is 25.3 Å². The normalized spacial score (nSPS) is 16.3. The summed E-state index contributed by atoms with van der Waals surface area (Å²) >= 11 is 3.58. The fourth-order valence-electron chi connectivity index (χ4n) is 3.36. The van der Waals surface area contributed by atoms with Gasteiger partial charge in [-0.3, -0.25) is 4.90 Å². The maximum absolute atomic E-state index is 12.9. The zero-order chi connectivity index (χ0) is 20.5. The smallest absolute Gasteiger partial charge is 0.248 e. The molecule has 2 heterocycles. The van der Waals surface area contributed by atoms with E-state index in [1.54, 1.807) is 28.1 Å². The second-order valence-corrected chi connectivity index (χ2v) is 9.36. The third-order valence-corrected chi connectivity index (χ3v) is 7.73. The number of hydrogen-bond acceptors (Lipinski definition) is 7. The van der Waals surface area contributed by atoms with E-state index < -0.39 is 10.0 Å². The van der Waals surface area contributed by atoms with Crippen LogP contribution in [0.3, 0.4) is 0 Å². The lowest BCUT2D eigenvalue weighted by Gasteiger charge is -2.34. The van der Waals surface area contributed by atoms with Crippen LogP contribution in [0.4, 0.5) is 0 Å². The predicted molar refractivity (Wildman–Crippen MR) is 107 cm³/mol. The Labute approximate surface area is 173 Å². The highest BCUT2D eigenvalue weighted by molar-refractivity contribution is 9.10. The number of nitrogens with zero attached hydrogens (tertiary/aromatic N) is 3. The molecule has 1 aliphatic rings. The fourth-order valence-corrected chi connectivity index (χ4v) is 5.52. The van der Waals surface area contributed by atoms with Crippen LogP contribution in [0.5, 0.6) is 11.5 Å². The Morgan fingerprint density at radius 2 is 1.71 bits per heavy atom. The minimum Gasteiger partial charge on any atom is -0.493 e. The average Bonchev–Trinajstić information content (AvgIpc) is 3.02. The summed E-state index contributed by atoms with van der Waals surface area (Å²) in [7, 11) is -0.395. The Kier molecular flexibility index (Phi) is 6.33. The molecule has 0 saturated carbocycles. The van der Waals surface area contributed by atoms with E-state index in [1.807, 2.05) is 12.1 Å². The number of benzene rings is 1. The van der Waals surface area contributed by atoms with Crippen LogP contribution in [-0.2, 0) is 16.6 Å². The SMILES string of the molecule is COc1cc(Br)c(CN2CCN(S(=O)(=O)c3c(C)noc3C)CC2)cc1OC. The molecule has 1 aliphatic heterocycles. The van der Waals surface area contributed by atoms with E-state index in [2.05, 4.69) is 26.0 Å². The van der Waals surface area contributed by atoms with Crippen LogP contribution in [0, 0.1) is 13.8 Å². The zero-order valence-corrected chi connectivity index (χ0v) is 18.8. The van der Waals surface area contributed by atoms with Gasteiger partial charge in [-0.2, -0.15) is 4.31 Å². The molecule has 1 fully saturated rings. The fraction of sp³-hybridized carbons (Fsp3) is 0.500. The molecule has 0 N–H and O–H groups in total. The number of methoxy groups -OCH3 is 2. The lowest BCUT2D eigenvalue weighted by Crippen LogP contribution is -2.48. The summed E-state index contributed by atoms with van der Waals surface area (Å²) < 4.78 is 44.0. The lowest BCUT2D eigenvalue weighted by molar-refractivity contribution is 0.181. The van der Waals surface area contributed by atoms with E-state index in [1.165, 1.54) is 4.31 Å². The van der Waals surface area contributed by atoms with Crippen LogP contribution < -0.4 is 9.47 Å². The molecule has 0 unspecified atom stereocenters. The summed E-state index contributed by atoms with van der Waals surface area (Å²) in [5.41, 5.74) is 1.45. The maximum Gasteiger partial charge on any atom is 0.248 e. The van der Waals surface area contributed by atoms with Crippen molar-refractivity contribution in [3.63, 3.8) is 0 Å². The highest BCUT2D eigenvalue weighted by Gasteiger charge is 2.33. The largest absolute Gasteiger partial charge is 0.493 e. The van der Waals surface area contributed by atoms with Crippen molar-refractivity contribution >= 4 is 26.0 Å². The Balaban J connectivity index is 1.70. The molecule has 0 amide bonds. The van der Waals surface area contributed by atoms with Crippen molar-refractivity contribution in [3.05, 3.63) is 33.6 Å². The van der Waals surface area contributed by atoms with Crippen molar-refractivity contribution in [2.24, 2.45) is 0 Å². The molecule has 0 radical (unpaired) electrons. The topological polar surface area (TPSA) is 85.1 Å². The van der Waals surface area contributed by atoms with E-state index in [4.69, 9.17) is 14.0 Å². The standard InChI is InChI=1S/C18H24BrN3O5S/c1-12-18(13(2)27-20-12)28(23,24)22-7-5-21(6-8-22)11-14-9-16(25-3)17(26-4)10-15(14)19/h9-10H,5-8,11H2,1-4H3. The van der Waals surface area contributed by atoms with Crippen LogP contribution in [0.2, 0.25) is 0 Å². The molecular weight excluding hydrogens is 450 g/mol. The van der Waals surface area contributed by atoms with Gasteiger partial charge in [0.1, 0.15) is 10.6 Å². The second-order valence-electron chi connectivity index (χ2n) is 6.63. The molecule has 0 aliphatic carbocycles. The van der Waals surface area contributed by atoms with Crippen molar-refractivity contribution in [2.75, 3.05) is 40.4 Å². The van der Waals surface area contributed by atoms with Gasteiger partial charge in [0.05, 0.1) is 14.2 Å². The van der Waals surface area contributed by atoms with Gasteiger partial charge in [0.25, 0.3) is 0 Å². The van der Waals surface area contributed by atoms with Crippen molar-refractivity contribution < 1.29 is 22.4 Å². The molecule has 8 nitrogen and oxygen atoms in total. The Bertz CT molecular complexity index is 933. The molecule has 154 valence electrons. The molecule has 1 saturated heterocycles. The molecule has 3 rings (SSSR count). The second kappa shape index (κ2) is 8.40. The quantitative estimate of drug-likeness (QED) is 0.636. The summed E-state index contributed by atoms with van der Waals surface area (Å²) in [6, 6.07) is 3.82. The number of ether oxygens (including phenoxy) is 2. The number of hydrogen-bond donors (Lipinski definition) is 0. The molecule has 1 aromatic heterocycles. The first-order chi connectivity index (χ1) is 13.3. The number of piperazine rings is 1. The summed E-state index contributed by atoms with van der Waals surface area (Å²) in [6.07, 6.45) is 0. The highest BCUT2D eigenvalue weighted by Crippen LogP contribution is 2.34. The van der Waals surface area contributed by atoms with Crippen LogP contribution in [0.1, 0.15) is 17.0 Å². The minimum atomic E-state index is -3.60. The third-order valence-electron chi connectivity index (χ3n) is 4.84. The van der Waals surface area contributed by atoms with Crippen molar-refractivity contribution in [3.8, 4) is 11.5 Å². The highest BCUT2D eigenvalue weighted by atomic mass is 79.9. The van der Waals surface area contributed by atoms with Crippen LogP contribution in [-0.4, -0.2) is 63.2 Å². The van der Waals surface area contributed by atoms with E-state index in [-0.39, 0.29) is 4.90 Å². The predicted octanol–water partition coefficient (Wildman–Crippen LogP) is 2.58. The molecule has 1 aromatic carbocycles. The minimum absolute atomic E-state index is 0.184. The van der Waals surface area contributed by atoms with Gasteiger partial charge in [-0.1, -0.05) is 21.1 Å². The van der Waals surface area contributed by atoms with Gasteiger partial charge >= 0.3 is 0 Å². The Morgan fingerprint density at radius 3 is 2.25 bits per heavy atom. The molecule has 28 heavy (non-hydrogen) atoms. The van der Waals surface area contributed by atoms with E-state index in [0.29, 0.717) is 55.7 Å². The molecular formula is C18H24BrN3O5S. The molecule has 10 heteroatoms. The molecule has 0 spiro atoms. The first-order valence-electron chi connectivity index (χ1n) is 8.83. The van der Waals surface area contributed by atoms with Crippen molar-refractivity contribution in [1.82, 2.24) is 14.4 Å². The van der Waals surface area contributed by atoms with Gasteiger partial charge < -0.3 is 14.0 Å². The summed E-state index contributed by atoms with van der Waals surface area (Å²) in [5.74, 6) is 1.66. The first kappa shape index (κ1) is 21.1. The molecule has 0 bridgehead atoms. The van der Waals surface area contributed by atoms with Gasteiger partial charge in [-0.05, 0) is 31.5 Å². The number of sulfonamides is 1. The molecule has 0 atom stereocenters. The van der Waals surface area contributed by atoms with Gasteiger partial charge in [0, 0.05) is 37.2 Å². The van der Waals surface area contributed by atoms with Gasteiger partial charge in [0.2, 0.25) is 10.0 Å². The summed E-state index contributed by atoms with van der Waals surface area (Å²) in [4.78, 5) is 2.40. The maximum atomic E-state index is 12.9.